The normalized spacial score (nSPS) is 13.2. The zero-order valence-electron chi connectivity index (χ0n) is 47.6. The molecular formula is C53H69Cl4N10NaO17. The van der Waals surface area contributed by atoms with Crippen molar-refractivity contribution >= 4 is 83.3 Å². The topological polar surface area (TPSA) is 335 Å². The molecule has 0 unspecified atom stereocenters. The number of hydrogen-bond donors (Lipinski definition) is 7. The molecule has 4 aliphatic rings. The van der Waals surface area contributed by atoms with E-state index in [1.165, 1.54) is 45.7 Å². The molecule has 32 heteroatoms. The van der Waals surface area contributed by atoms with E-state index in [4.69, 9.17) is 88.0 Å². The fourth-order valence-corrected chi connectivity index (χ4v) is 7.56. The van der Waals surface area contributed by atoms with Crippen molar-refractivity contribution in [2.45, 2.75) is 6.61 Å². The van der Waals surface area contributed by atoms with Crippen LogP contribution < -0.4 is 88.6 Å². The van der Waals surface area contributed by atoms with Crippen LogP contribution in [0, 0.1) is 11.3 Å². The number of halogens is 4. The van der Waals surface area contributed by atoms with Crippen molar-refractivity contribution in [3.8, 4) is 52.1 Å². The zero-order valence-corrected chi connectivity index (χ0v) is 52.6. The van der Waals surface area contributed by atoms with Gasteiger partial charge in [-0.1, -0.05) is 11.2 Å². The van der Waals surface area contributed by atoms with Gasteiger partial charge in [0.2, 0.25) is 0 Å². The number of alkyl halides is 3. The van der Waals surface area contributed by atoms with Gasteiger partial charge in [0.1, 0.15) is 31.7 Å². The Morgan fingerprint density at radius 2 is 0.976 bits per heavy atom. The number of phenolic OH excluding ortho intramolecular Hbond substituents is 1. The standard InChI is InChI=1S/C13H17N3O4.C13H15N3O4.C13H18N2O4.C8H8O3.C5H9ClN2O.CH2Cl2.ClO.Na/c2*1-19-12-8-10(9-15-18)2-3-11(12)20-7-6-16-5-4-14-13(16)17;1-18-12-8-10(9-16)2-3-11(12)19-7-6-15-5-4-14-13(15)17;1-11-8-4-6(5-9)2-3-7(8)10;6-1-3-8-4-2-7-5(8)9;2-1-3;1-2;/h2-3,8-9,18H,4-7H2,1H3,(H,14,17);2-3,8H,4-7H2,1H3,(H,14,17);2-3,8,16H,4-7,9H2,1H3,(H,14,17);2-5,10H,1H3;1-4H2,(H,7,9);1H2;;/q;;;;;;-1;+1/b15-9+;;;;;;;. The molecule has 85 heavy (non-hydrogen) atoms. The Kier molecular flexibility index (Phi) is 40.4. The molecule has 0 spiro atoms. The molecule has 7 N–H and O–H groups in total. The van der Waals surface area contributed by atoms with E-state index >= 15 is 0 Å². The minimum absolute atomic E-state index is 0. The predicted molar refractivity (Wildman–Crippen MR) is 314 cm³/mol. The molecule has 0 atom stereocenters. The second-order valence-corrected chi connectivity index (χ2v) is 17.8. The number of urea groups is 4. The second-order valence-electron chi connectivity index (χ2n) is 16.6. The largest absolute Gasteiger partial charge is 1.00 e. The Labute approximate surface area is 534 Å². The summed E-state index contributed by atoms with van der Waals surface area (Å²) in [6, 6.07) is 21.9. The Morgan fingerprint density at radius 3 is 1.35 bits per heavy atom. The SMILES string of the molecule is COc1cc(/C=N/O)ccc1OCCN1CCNC1=O.COc1cc(C#[N+][O-])ccc1OCCN1CCNC1=O.COc1cc(C=O)ccc1O.COc1cc(CO)ccc1OCCN1CCNC1=O.ClCCl.O=C1NCCN1CCCl.[Na+].[O-]Cl. The number of methoxy groups -OCH3 is 4. The van der Waals surface area contributed by atoms with Gasteiger partial charge in [-0.3, -0.25) is 4.79 Å². The summed E-state index contributed by atoms with van der Waals surface area (Å²) in [4.78, 5) is 61.8. The predicted octanol–water partition coefficient (Wildman–Crippen LogP) is 2.17. The molecule has 27 nitrogen and oxygen atoms in total. The van der Waals surface area contributed by atoms with E-state index in [0.717, 1.165) is 18.7 Å². The molecule has 0 aliphatic carbocycles. The van der Waals surface area contributed by atoms with Gasteiger partial charge < -0.3 is 99.3 Å². The van der Waals surface area contributed by atoms with Crippen molar-refractivity contribution in [1.82, 2.24) is 40.9 Å². The van der Waals surface area contributed by atoms with Crippen LogP contribution in [0.1, 0.15) is 27.0 Å². The monoisotopic (exact) mass is 1280 g/mol. The first-order chi connectivity index (χ1) is 40.8. The number of phenols is 1. The quantitative estimate of drug-likeness (QED) is 0.0157. The maximum Gasteiger partial charge on any atom is 1.00 e. The number of aliphatic hydroxyl groups excluding tert-OH is 1. The number of benzene rings is 4. The van der Waals surface area contributed by atoms with Crippen molar-refractivity contribution in [2.24, 2.45) is 5.16 Å². The Hall–Kier alpha value is -7.13. The minimum Gasteiger partial charge on any atom is -0.769 e. The Morgan fingerprint density at radius 1 is 0.588 bits per heavy atom. The number of ether oxygens (including phenoxy) is 7. The number of carbonyl (C=O) groups excluding carboxylic acids is 5. The fourth-order valence-electron chi connectivity index (χ4n) is 7.35. The van der Waals surface area contributed by atoms with Crippen molar-refractivity contribution in [1.29, 1.82) is 0 Å². The summed E-state index contributed by atoms with van der Waals surface area (Å²) in [5.74, 6) is 4.24. The molecule has 4 heterocycles. The van der Waals surface area contributed by atoms with Gasteiger partial charge in [-0.2, -0.15) is 0 Å². The molecule has 462 valence electrons. The second kappa shape index (κ2) is 45.3. The van der Waals surface area contributed by atoms with E-state index in [2.05, 4.69) is 49.4 Å². The van der Waals surface area contributed by atoms with Crippen LogP contribution in [0.15, 0.2) is 78.0 Å². The maximum absolute atomic E-state index is 11.4. The molecule has 4 aliphatic heterocycles. The van der Waals surface area contributed by atoms with Crippen molar-refractivity contribution < 1.29 is 107 Å². The number of hydrogen-bond acceptors (Lipinski definition) is 18. The number of aldehydes is 1. The summed E-state index contributed by atoms with van der Waals surface area (Å²) in [5, 5.41) is 53.4. The molecule has 0 bridgehead atoms. The molecule has 0 radical (unpaired) electrons. The molecule has 4 aromatic rings. The molecule has 4 fully saturated rings. The first-order valence-corrected chi connectivity index (χ1v) is 27.2. The number of carbonyl (C=O) groups is 5. The number of amides is 8. The number of nitrogens with zero attached hydrogens (tertiary/aromatic N) is 6. The van der Waals surface area contributed by atoms with Gasteiger partial charge >= 0.3 is 59.8 Å². The molecule has 4 aromatic carbocycles. The Balaban J connectivity index is 0.000000532. The van der Waals surface area contributed by atoms with E-state index in [0.29, 0.717) is 154 Å². The molecule has 8 amide bonds. The van der Waals surface area contributed by atoms with Gasteiger partial charge in [-0.25, -0.2) is 31.0 Å². The summed E-state index contributed by atoms with van der Waals surface area (Å²) >= 11 is 18.3. The van der Waals surface area contributed by atoms with Crippen LogP contribution in [0.25, 0.3) is 5.01 Å². The van der Waals surface area contributed by atoms with Crippen molar-refractivity contribution in [3.63, 3.8) is 0 Å². The van der Waals surface area contributed by atoms with Crippen LogP contribution in [0.4, 0.5) is 19.2 Å². The molecule has 0 aromatic heterocycles. The maximum atomic E-state index is 11.4. The summed E-state index contributed by atoms with van der Waals surface area (Å²) < 4.78 is 44.9. The molecular weight excluding hydrogens is 1210 g/mol. The third-order valence-corrected chi connectivity index (χ3v) is 11.6. The minimum atomic E-state index is -0.0721. The molecule has 4 saturated heterocycles. The van der Waals surface area contributed by atoms with Crippen LogP contribution in [0.3, 0.4) is 0 Å². The number of aliphatic hydroxyl groups is 1. The summed E-state index contributed by atoms with van der Waals surface area (Å²) in [5.41, 5.74) is 2.47. The number of nitrogens with one attached hydrogen (secondary N) is 4. The van der Waals surface area contributed by atoms with Crippen LogP contribution in [-0.4, -0.2) is 210 Å². The molecule has 8 rings (SSSR count). The van der Waals surface area contributed by atoms with Gasteiger partial charge in [0.15, 0.2) is 46.0 Å². The van der Waals surface area contributed by atoms with Gasteiger partial charge in [-0.05, 0) is 66.2 Å². The van der Waals surface area contributed by atoms with Crippen LogP contribution in [-0.2, 0) is 6.61 Å². The zero-order chi connectivity index (χ0) is 62.1. The van der Waals surface area contributed by atoms with Crippen LogP contribution >= 0.6 is 46.7 Å². The van der Waals surface area contributed by atoms with E-state index in [9.17, 15) is 29.2 Å². The van der Waals surface area contributed by atoms with E-state index in [-0.39, 0.29) is 71.4 Å². The number of rotatable bonds is 21. The number of aromatic hydroxyl groups is 1. The number of oxime groups is 1. The van der Waals surface area contributed by atoms with Gasteiger partial charge in [0, 0.05) is 87.0 Å². The summed E-state index contributed by atoms with van der Waals surface area (Å²) in [7, 11) is 6.03. The fraction of sp³-hybridized carbons (Fsp3) is 0.415. The summed E-state index contributed by atoms with van der Waals surface area (Å²) in [6.07, 6.45) is 2.00. The van der Waals surface area contributed by atoms with E-state index < -0.39 is 0 Å². The first kappa shape index (κ1) is 75.9. The van der Waals surface area contributed by atoms with Gasteiger partial charge in [0.25, 0.3) is 0 Å². The average Bonchev–Trinajstić information content (AvgIpc) is 4.48. The summed E-state index contributed by atoms with van der Waals surface area (Å²) in [6.45, 7) is 9.03. The first-order valence-electron chi connectivity index (χ1n) is 25.3. The average molecular weight is 1280 g/mol. The van der Waals surface area contributed by atoms with E-state index in [1.807, 2.05) is 0 Å². The third-order valence-electron chi connectivity index (χ3n) is 11.5. The van der Waals surface area contributed by atoms with Gasteiger partial charge in [0.05, 0.1) is 66.2 Å². The van der Waals surface area contributed by atoms with Crippen LogP contribution in [0.5, 0.6) is 46.0 Å². The van der Waals surface area contributed by atoms with Crippen molar-refractivity contribution in [2.75, 3.05) is 138 Å². The van der Waals surface area contributed by atoms with E-state index in [1.54, 1.807) is 81.3 Å². The van der Waals surface area contributed by atoms with Crippen molar-refractivity contribution in [3.05, 3.63) is 105 Å². The van der Waals surface area contributed by atoms with Crippen LogP contribution in [0.2, 0.25) is 0 Å². The third kappa shape index (κ3) is 28.1. The molecule has 0 saturated carbocycles. The van der Waals surface area contributed by atoms with Gasteiger partial charge in [-0.15, -0.1) is 34.8 Å². The Bertz CT molecular complexity index is 2740. The smallest absolute Gasteiger partial charge is 0.769 e.